The third kappa shape index (κ3) is 5.73. The average molecular weight is 467 g/mol. The molecule has 3 rings (SSSR count). The average Bonchev–Trinajstić information content (AvgIpc) is 2.79. The lowest BCUT2D eigenvalue weighted by Gasteiger charge is -2.25. The topological polar surface area (TPSA) is 75.7 Å². The van der Waals surface area contributed by atoms with Gasteiger partial charge in [-0.2, -0.15) is 0 Å². The van der Waals surface area contributed by atoms with Crippen LogP contribution in [0, 0.1) is 20.8 Å². The number of benzene rings is 3. The number of rotatable bonds is 8. The summed E-state index contributed by atoms with van der Waals surface area (Å²) in [6.07, 6.45) is 0. The van der Waals surface area contributed by atoms with Gasteiger partial charge in [-0.3, -0.25) is 9.10 Å². The Morgan fingerprint density at radius 3 is 2.15 bits per heavy atom. The minimum atomic E-state index is -3.99. The number of sulfonamides is 1. The predicted octanol–water partition coefficient (Wildman–Crippen LogP) is 4.69. The van der Waals surface area contributed by atoms with Crippen LogP contribution >= 0.6 is 0 Å². The van der Waals surface area contributed by atoms with Crippen molar-refractivity contribution < 1.29 is 17.9 Å². The molecule has 1 atom stereocenters. The van der Waals surface area contributed by atoms with Crippen molar-refractivity contribution in [3.05, 3.63) is 89.0 Å². The second-order valence-corrected chi connectivity index (χ2v) is 10.0. The van der Waals surface area contributed by atoms with E-state index in [1.54, 1.807) is 24.3 Å². The fourth-order valence-corrected chi connectivity index (χ4v) is 5.04. The zero-order chi connectivity index (χ0) is 24.2. The van der Waals surface area contributed by atoms with Crippen molar-refractivity contribution in [1.29, 1.82) is 0 Å². The van der Waals surface area contributed by atoms with Crippen molar-refractivity contribution >= 4 is 21.6 Å². The SMILES string of the molecule is COc1ccc(S(=O)(=O)N(CC(=O)NC(C)c2cc(C)ccc2C)c2ccc(C)cc2)cc1. The number of carbonyl (C=O) groups excluding carboxylic acids is 1. The number of nitrogens with one attached hydrogen (secondary N) is 1. The zero-order valence-corrected chi connectivity index (χ0v) is 20.4. The maximum atomic E-state index is 13.5. The van der Waals surface area contributed by atoms with Crippen LogP contribution in [0.1, 0.15) is 35.2 Å². The molecular formula is C26H30N2O4S. The van der Waals surface area contributed by atoms with Gasteiger partial charge in [-0.15, -0.1) is 0 Å². The van der Waals surface area contributed by atoms with Gasteiger partial charge in [0.25, 0.3) is 10.0 Å². The normalized spacial score (nSPS) is 12.2. The summed E-state index contributed by atoms with van der Waals surface area (Å²) in [7, 11) is -2.47. The number of carbonyl (C=O) groups is 1. The molecule has 0 aliphatic carbocycles. The summed E-state index contributed by atoms with van der Waals surface area (Å²) in [5.74, 6) is 0.164. The minimum absolute atomic E-state index is 0.0826. The molecule has 1 unspecified atom stereocenters. The van der Waals surface area contributed by atoms with E-state index in [0.717, 1.165) is 26.6 Å². The molecule has 0 heterocycles. The van der Waals surface area contributed by atoms with Gasteiger partial charge in [-0.25, -0.2) is 8.42 Å². The first-order chi connectivity index (χ1) is 15.6. The van der Waals surface area contributed by atoms with Crippen molar-refractivity contribution in [3.8, 4) is 5.75 Å². The van der Waals surface area contributed by atoms with E-state index in [1.807, 2.05) is 58.0 Å². The second kappa shape index (κ2) is 10.1. The van der Waals surface area contributed by atoms with Gasteiger partial charge in [0.05, 0.1) is 23.7 Å². The second-order valence-electron chi connectivity index (χ2n) is 8.17. The minimum Gasteiger partial charge on any atom is -0.497 e. The van der Waals surface area contributed by atoms with E-state index in [4.69, 9.17) is 4.74 Å². The zero-order valence-electron chi connectivity index (χ0n) is 19.6. The van der Waals surface area contributed by atoms with Crippen LogP contribution in [0.15, 0.2) is 71.6 Å². The number of hydrogen-bond acceptors (Lipinski definition) is 4. The lowest BCUT2D eigenvalue weighted by Crippen LogP contribution is -2.41. The van der Waals surface area contributed by atoms with Gasteiger partial charge < -0.3 is 10.1 Å². The van der Waals surface area contributed by atoms with Gasteiger partial charge in [-0.1, -0.05) is 41.5 Å². The molecule has 1 N–H and O–H groups in total. The van der Waals surface area contributed by atoms with Gasteiger partial charge in [0, 0.05) is 0 Å². The molecule has 0 fully saturated rings. The van der Waals surface area contributed by atoms with Crippen molar-refractivity contribution in [2.24, 2.45) is 0 Å². The first kappa shape index (κ1) is 24.3. The molecular weight excluding hydrogens is 436 g/mol. The molecule has 0 saturated carbocycles. The summed E-state index contributed by atoms with van der Waals surface area (Å²) in [6, 6.07) is 19.0. The molecule has 3 aromatic carbocycles. The van der Waals surface area contributed by atoms with Crippen molar-refractivity contribution in [1.82, 2.24) is 5.32 Å². The molecule has 0 spiro atoms. The van der Waals surface area contributed by atoms with Gasteiger partial charge in [0.15, 0.2) is 0 Å². The lowest BCUT2D eigenvalue weighted by molar-refractivity contribution is -0.120. The number of hydrogen-bond donors (Lipinski definition) is 1. The van der Waals surface area contributed by atoms with E-state index in [9.17, 15) is 13.2 Å². The first-order valence-electron chi connectivity index (χ1n) is 10.7. The van der Waals surface area contributed by atoms with Crippen LogP contribution in [0.25, 0.3) is 0 Å². The van der Waals surface area contributed by atoms with Crippen LogP contribution in [0.3, 0.4) is 0 Å². The summed E-state index contributed by atoms with van der Waals surface area (Å²) in [4.78, 5) is 13.1. The van der Waals surface area contributed by atoms with Crippen LogP contribution in [0.4, 0.5) is 5.69 Å². The molecule has 33 heavy (non-hydrogen) atoms. The Labute approximate surface area is 196 Å². The van der Waals surface area contributed by atoms with Crippen molar-refractivity contribution in [2.45, 2.75) is 38.6 Å². The number of methoxy groups -OCH3 is 1. The molecule has 0 aromatic heterocycles. The highest BCUT2D eigenvalue weighted by atomic mass is 32.2. The van der Waals surface area contributed by atoms with E-state index in [1.165, 1.54) is 19.2 Å². The maximum Gasteiger partial charge on any atom is 0.264 e. The Morgan fingerprint density at radius 2 is 1.55 bits per heavy atom. The highest BCUT2D eigenvalue weighted by Gasteiger charge is 2.28. The number of aryl methyl sites for hydroxylation is 3. The van der Waals surface area contributed by atoms with Gasteiger partial charge >= 0.3 is 0 Å². The molecule has 3 aromatic rings. The molecule has 0 aliphatic heterocycles. The number of amides is 1. The summed E-state index contributed by atoms with van der Waals surface area (Å²) < 4.78 is 33.3. The summed E-state index contributed by atoms with van der Waals surface area (Å²) in [6.45, 7) is 7.47. The van der Waals surface area contributed by atoms with E-state index in [2.05, 4.69) is 5.32 Å². The largest absolute Gasteiger partial charge is 0.497 e. The van der Waals surface area contributed by atoms with Gasteiger partial charge in [0.2, 0.25) is 5.91 Å². The number of anilines is 1. The molecule has 0 bridgehead atoms. The summed E-state index contributed by atoms with van der Waals surface area (Å²) in [5.41, 5.74) is 4.58. The van der Waals surface area contributed by atoms with Crippen LogP contribution in [-0.4, -0.2) is 28.0 Å². The Kier molecular flexibility index (Phi) is 7.43. The van der Waals surface area contributed by atoms with Crippen LogP contribution in [0.2, 0.25) is 0 Å². The fourth-order valence-electron chi connectivity index (χ4n) is 3.62. The number of ether oxygens (including phenoxy) is 1. The summed E-state index contributed by atoms with van der Waals surface area (Å²) in [5, 5.41) is 2.95. The van der Waals surface area contributed by atoms with Crippen molar-refractivity contribution in [3.63, 3.8) is 0 Å². The predicted molar refractivity (Wildman–Crippen MR) is 131 cm³/mol. The monoisotopic (exact) mass is 466 g/mol. The lowest BCUT2D eigenvalue weighted by atomic mass is 10.00. The molecule has 0 radical (unpaired) electrons. The Hall–Kier alpha value is -3.32. The van der Waals surface area contributed by atoms with Gasteiger partial charge in [0.1, 0.15) is 12.3 Å². The maximum absolute atomic E-state index is 13.5. The van der Waals surface area contributed by atoms with E-state index < -0.39 is 10.0 Å². The Balaban J connectivity index is 1.90. The molecule has 174 valence electrons. The molecule has 0 saturated heterocycles. The number of nitrogens with zero attached hydrogens (tertiary/aromatic N) is 1. The third-order valence-corrected chi connectivity index (χ3v) is 7.32. The van der Waals surface area contributed by atoms with Crippen LogP contribution < -0.4 is 14.4 Å². The molecule has 7 heteroatoms. The smallest absolute Gasteiger partial charge is 0.264 e. The highest BCUT2D eigenvalue weighted by molar-refractivity contribution is 7.92. The van der Waals surface area contributed by atoms with Crippen LogP contribution in [-0.2, 0) is 14.8 Å². The molecule has 1 amide bonds. The van der Waals surface area contributed by atoms with E-state index >= 15 is 0 Å². The third-order valence-electron chi connectivity index (χ3n) is 5.54. The fraction of sp³-hybridized carbons (Fsp3) is 0.269. The first-order valence-corrected chi connectivity index (χ1v) is 12.2. The van der Waals surface area contributed by atoms with E-state index in [-0.39, 0.29) is 23.4 Å². The van der Waals surface area contributed by atoms with Crippen molar-refractivity contribution in [2.75, 3.05) is 18.0 Å². The molecule has 6 nitrogen and oxygen atoms in total. The Bertz CT molecular complexity index is 1220. The van der Waals surface area contributed by atoms with E-state index in [0.29, 0.717) is 11.4 Å². The standard InChI is InChI=1S/C26H30N2O4S/c1-18-7-10-22(11-8-18)28(33(30,31)24-14-12-23(32-5)13-15-24)17-26(29)27-21(4)25-16-19(2)6-9-20(25)3/h6-16,21H,17H2,1-5H3,(H,27,29). The quantitative estimate of drug-likeness (QED) is 0.522. The summed E-state index contributed by atoms with van der Waals surface area (Å²) >= 11 is 0. The van der Waals surface area contributed by atoms with Crippen LogP contribution in [0.5, 0.6) is 5.75 Å². The Morgan fingerprint density at radius 1 is 0.939 bits per heavy atom. The molecule has 0 aliphatic rings. The van der Waals surface area contributed by atoms with Gasteiger partial charge in [-0.05, 0) is 75.2 Å². The highest BCUT2D eigenvalue weighted by Crippen LogP contribution is 2.26.